The quantitative estimate of drug-likeness (QED) is 0.526. The molecular formula is C33H35NO4. The zero-order chi connectivity index (χ0) is 25.5. The van der Waals surface area contributed by atoms with Gasteiger partial charge in [0.15, 0.2) is 17.3 Å². The fraction of sp³-hybridized carbons (Fsp3) is 0.545. The summed E-state index contributed by atoms with van der Waals surface area (Å²) in [5.41, 5.74) is 3.38. The predicted octanol–water partition coefficient (Wildman–Crippen LogP) is 5.00. The van der Waals surface area contributed by atoms with Crippen molar-refractivity contribution in [2.24, 2.45) is 16.7 Å². The first-order valence-electron chi connectivity index (χ1n) is 14.6. The molecule has 6 atom stereocenters. The second-order valence-electron chi connectivity index (χ2n) is 13.1. The molecule has 196 valence electrons. The standard InChI is InChI=1S/C33H35NO4/c1-3-30-19-31-16-23(28(30)35)33(30,36-2)29-32(31)13-14-34(17-20-9-10-20)25(31)15-22-11-12-24(27(38-29)26(22)32)37-18-21-7-5-4-6-8-21/h4-8,11-12,16,20,25,29H,3,9-10,13-15,17-19H2,1-2H3/t25-,29-,30+,31-,32+,33+/m1/s1. The van der Waals surface area contributed by atoms with Gasteiger partial charge < -0.3 is 14.2 Å². The van der Waals surface area contributed by atoms with Gasteiger partial charge in [-0.25, -0.2) is 0 Å². The Morgan fingerprint density at radius 3 is 2.74 bits per heavy atom. The molecule has 2 heterocycles. The molecule has 2 aromatic rings. The lowest BCUT2D eigenvalue weighted by Gasteiger charge is -2.78. The Labute approximate surface area is 224 Å². The number of methoxy groups -OCH3 is 1. The smallest absolute Gasteiger partial charge is 0.171 e. The van der Waals surface area contributed by atoms with Crippen LogP contribution in [0.15, 0.2) is 54.1 Å². The topological polar surface area (TPSA) is 48.0 Å². The summed E-state index contributed by atoms with van der Waals surface area (Å²) in [4.78, 5) is 16.6. The molecule has 2 spiro atoms. The summed E-state index contributed by atoms with van der Waals surface area (Å²) in [7, 11) is 1.81. The number of hydrogen-bond acceptors (Lipinski definition) is 5. The first-order valence-corrected chi connectivity index (χ1v) is 14.6. The Hall–Kier alpha value is -2.63. The first-order chi connectivity index (χ1) is 18.5. The van der Waals surface area contributed by atoms with Gasteiger partial charge in [0, 0.05) is 36.2 Å². The van der Waals surface area contributed by atoms with Crippen LogP contribution in [0.5, 0.6) is 11.5 Å². The van der Waals surface area contributed by atoms with Crippen molar-refractivity contribution < 1.29 is 19.0 Å². The van der Waals surface area contributed by atoms with E-state index in [2.05, 4.69) is 54.3 Å². The van der Waals surface area contributed by atoms with E-state index in [9.17, 15) is 4.79 Å². The highest BCUT2D eigenvalue weighted by Crippen LogP contribution is 2.82. The van der Waals surface area contributed by atoms with Gasteiger partial charge in [-0.15, -0.1) is 0 Å². The molecule has 0 aromatic heterocycles. The SMILES string of the molecule is CC[C@]12C[C@@]34C=C(C1=O)[C@]2(OC)[C@@H]1Oc2c(OCc5ccccc5)ccc5c2[C@@]13CCN(CC1CC1)[C@@H]4C5. The number of nitrogens with zero attached hydrogens (tertiary/aromatic N) is 1. The van der Waals surface area contributed by atoms with E-state index in [1.165, 1.54) is 30.5 Å². The van der Waals surface area contributed by atoms with Gasteiger partial charge >= 0.3 is 0 Å². The van der Waals surface area contributed by atoms with Crippen molar-refractivity contribution in [2.75, 3.05) is 20.2 Å². The minimum atomic E-state index is -0.672. The zero-order valence-electron chi connectivity index (χ0n) is 22.3. The third kappa shape index (κ3) is 2.16. The molecule has 0 radical (unpaired) electrons. The van der Waals surface area contributed by atoms with E-state index >= 15 is 0 Å². The Morgan fingerprint density at radius 1 is 1.13 bits per heavy atom. The highest BCUT2D eigenvalue weighted by Gasteiger charge is 2.90. The number of ether oxygens (including phenoxy) is 3. The molecule has 38 heavy (non-hydrogen) atoms. The predicted molar refractivity (Wildman–Crippen MR) is 142 cm³/mol. The van der Waals surface area contributed by atoms with Crippen LogP contribution in [0.4, 0.5) is 0 Å². The number of Topliss-reactive ketones (excluding diaryl/α,β-unsaturated/α-hetero) is 1. The van der Waals surface area contributed by atoms with E-state index in [-0.39, 0.29) is 16.9 Å². The Morgan fingerprint density at radius 2 is 1.97 bits per heavy atom. The van der Waals surface area contributed by atoms with Crippen LogP contribution >= 0.6 is 0 Å². The van der Waals surface area contributed by atoms with E-state index < -0.39 is 11.0 Å². The summed E-state index contributed by atoms with van der Waals surface area (Å²) in [5.74, 6) is 2.89. The second kappa shape index (κ2) is 6.92. The number of hydrogen-bond donors (Lipinski definition) is 0. The van der Waals surface area contributed by atoms with Crippen LogP contribution in [0.3, 0.4) is 0 Å². The summed E-state index contributed by atoms with van der Waals surface area (Å²) < 4.78 is 20.2. The van der Waals surface area contributed by atoms with E-state index in [1.54, 1.807) is 0 Å². The average molecular weight is 510 g/mol. The molecule has 11 rings (SSSR count). The van der Waals surface area contributed by atoms with Crippen LogP contribution in [-0.2, 0) is 28.0 Å². The molecule has 1 saturated heterocycles. The van der Waals surface area contributed by atoms with Crippen LogP contribution in [0.2, 0.25) is 0 Å². The van der Waals surface area contributed by atoms with Gasteiger partial charge in [0.2, 0.25) is 0 Å². The van der Waals surface area contributed by atoms with Crippen molar-refractivity contribution in [1.29, 1.82) is 0 Å². The molecular weight excluding hydrogens is 474 g/mol. The van der Waals surface area contributed by atoms with Crippen molar-refractivity contribution >= 4 is 5.78 Å². The van der Waals surface area contributed by atoms with E-state index in [0.717, 1.165) is 60.8 Å². The lowest BCUT2D eigenvalue weighted by Crippen LogP contribution is -2.89. The van der Waals surface area contributed by atoms with Gasteiger partial charge in [0.25, 0.3) is 0 Å². The molecule has 9 aliphatic rings. The number of carbonyl (C=O) groups excluding carboxylic acids is 1. The van der Waals surface area contributed by atoms with E-state index in [4.69, 9.17) is 14.2 Å². The third-order valence-electron chi connectivity index (χ3n) is 11.9. The van der Waals surface area contributed by atoms with Crippen molar-refractivity contribution in [3.05, 3.63) is 70.8 Å². The maximum absolute atomic E-state index is 13.8. The van der Waals surface area contributed by atoms with Crippen LogP contribution in [0, 0.1) is 16.7 Å². The molecule has 0 amide bonds. The minimum Gasteiger partial charge on any atom is -0.485 e. The number of benzene rings is 2. The highest BCUT2D eigenvalue weighted by molar-refractivity contribution is 6.13. The van der Waals surface area contributed by atoms with Gasteiger partial charge in [-0.05, 0) is 68.2 Å². The molecule has 2 aliphatic heterocycles. The lowest BCUT2D eigenvalue weighted by atomic mass is 9.27. The number of ketones is 1. The maximum Gasteiger partial charge on any atom is 0.171 e. The average Bonchev–Trinajstić information content (AvgIpc) is 3.70. The van der Waals surface area contributed by atoms with Gasteiger partial charge in [0.1, 0.15) is 18.3 Å². The monoisotopic (exact) mass is 509 g/mol. The minimum absolute atomic E-state index is 0.0966. The molecule has 0 N–H and O–H groups in total. The zero-order valence-corrected chi connectivity index (χ0v) is 22.3. The molecule has 5 nitrogen and oxygen atoms in total. The molecule has 5 heteroatoms. The highest BCUT2D eigenvalue weighted by atomic mass is 16.6. The molecule has 4 fully saturated rings. The maximum atomic E-state index is 13.8. The van der Waals surface area contributed by atoms with Gasteiger partial charge in [-0.3, -0.25) is 9.69 Å². The van der Waals surface area contributed by atoms with Crippen molar-refractivity contribution in [2.45, 2.75) is 75.2 Å². The Kier molecular flexibility index (Phi) is 4.05. The van der Waals surface area contributed by atoms with Crippen LogP contribution in [-0.4, -0.2) is 48.6 Å². The Balaban J connectivity index is 1.24. The summed E-state index contributed by atoms with van der Waals surface area (Å²) in [5, 5.41) is 0. The lowest BCUT2D eigenvalue weighted by molar-refractivity contribution is -0.273. The number of carbonyl (C=O) groups is 1. The van der Waals surface area contributed by atoms with Gasteiger partial charge in [0.05, 0.1) is 10.8 Å². The molecule has 3 saturated carbocycles. The van der Waals surface area contributed by atoms with Crippen molar-refractivity contribution in [1.82, 2.24) is 4.90 Å². The number of likely N-dealkylation sites (tertiary alicyclic amines) is 1. The third-order valence-corrected chi connectivity index (χ3v) is 11.9. The summed E-state index contributed by atoms with van der Waals surface area (Å²) in [6, 6.07) is 15.2. The van der Waals surface area contributed by atoms with Crippen LogP contribution in [0.1, 0.15) is 55.7 Å². The first kappa shape index (κ1) is 22.2. The van der Waals surface area contributed by atoms with Gasteiger partial charge in [-0.1, -0.05) is 49.4 Å². The molecule has 0 unspecified atom stereocenters. The fourth-order valence-electron chi connectivity index (χ4n) is 10.3. The summed E-state index contributed by atoms with van der Waals surface area (Å²) >= 11 is 0. The summed E-state index contributed by atoms with van der Waals surface area (Å²) in [6.45, 7) is 4.97. The van der Waals surface area contributed by atoms with E-state index in [0.29, 0.717) is 18.4 Å². The van der Waals surface area contributed by atoms with Crippen molar-refractivity contribution in [3.63, 3.8) is 0 Å². The molecule has 6 bridgehead atoms. The molecule has 2 aromatic carbocycles. The van der Waals surface area contributed by atoms with Crippen LogP contribution < -0.4 is 9.47 Å². The normalized spacial score (nSPS) is 40.8. The summed E-state index contributed by atoms with van der Waals surface area (Å²) in [6.07, 6.45) is 8.71. The largest absolute Gasteiger partial charge is 0.485 e. The number of rotatable bonds is 7. The Bertz CT molecular complexity index is 1430. The second-order valence-corrected chi connectivity index (χ2v) is 13.1. The van der Waals surface area contributed by atoms with Crippen molar-refractivity contribution in [3.8, 4) is 11.5 Å². The molecule has 7 aliphatic carbocycles. The number of piperidine rings is 1. The fourth-order valence-corrected chi connectivity index (χ4v) is 10.3. The van der Waals surface area contributed by atoms with E-state index in [1.807, 2.05) is 13.2 Å². The van der Waals surface area contributed by atoms with Gasteiger partial charge in [-0.2, -0.15) is 0 Å². The van der Waals surface area contributed by atoms with Crippen LogP contribution in [0.25, 0.3) is 0 Å².